The van der Waals surface area contributed by atoms with Crippen LogP contribution in [-0.4, -0.2) is 34.8 Å². The number of hydrogen-bond donors (Lipinski definition) is 1. The van der Waals surface area contributed by atoms with Crippen LogP contribution < -0.4 is 10.9 Å². The van der Waals surface area contributed by atoms with E-state index in [0.29, 0.717) is 6.42 Å². The number of esters is 1. The Hall–Kier alpha value is -1.60. The van der Waals surface area contributed by atoms with E-state index in [9.17, 15) is 14.4 Å². The molecule has 9 heteroatoms. The van der Waals surface area contributed by atoms with Gasteiger partial charge in [-0.25, -0.2) is 9.48 Å². The summed E-state index contributed by atoms with van der Waals surface area (Å²) in [5.41, 5.74) is -0.678. The lowest BCUT2D eigenvalue weighted by Gasteiger charge is -2.18. The number of methoxy groups -OCH3 is 1. The molecular formula is C13H17Cl2N3O4. The first-order valence-corrected chi connectivity index (χ1v) is 7.30. The van der Waals surface area contributed by atoms with E-state index in [1.807, 2.05) is 13.8 Å². The second-order valence-electron chi connectivity index (χ2n) is 5.04. The number of aromatic nitrogens is 2. The lowest BCUT2D eigenvalue weighted by molar-refractivity contribution is -0.145. The first-order chi connectivity index (χ1) is 10.3. The molecule has 0 saturated carbocycles. The Balaban J connectivity index is 2.82. The number of carbonyl (C=O) groups excluding carboxylic acids is 2. The molecule has 1 unspecified atom stereocenters. The van der Waals surface area contributed by atoms with Crippen molar-refractivity contribution in [3.05, 3.63) is 26.6 Å². The number of nitrogens with one attached hydrogen (secondary N) is 1. The minimum absolute atomic E-state index is 0.00979. The van der Waals surface area contributed by atoms with Gasteiger partial charge in [0, 0.05) is 0 Å². The SMILES string of the molecule is COC(=O)C(CC(C)C)NC(=O)Cn1ncc(Cl)c(Cl)c1=O. The summed E-state index contributed by atoms with van der Waals surface area (Å²) in [6.07, 6.45) is 1.59. The summed E-state index contributed by atoms with van der Waals surface area (Å²) in [6, 6.07) is -0.782. The van der Waals surface area contributed by atoms with Crippen molar-refractivity contribution in [1.29, 1.82) is 0 Å². The second kappa shape index (κ2) is 8.14. The maximum absolute atomic E-state index is 12.0. The molecular weight excluding hydrogens is 333 g/mol. The Morgan fingerprint density at radius 1 is 1.41 bits per heavy atom. The van der Waals surface area contributed by atoms with Crippen LogP contribution in [0.2, 0.25) is 10.0 Å². The largest absolute Gasteiger partial charge is 0.467 e. The zero-order chi connectivity index (χ0) is 16.9. The topological polar surface area (TPSA) is 90.3 Å². The van der Waals surface area contributed by atoms with Crippen LogP contribution in [0.15, 0.2) is 11.0 Å². The van der Waals surface area contributed by atoms with Gasteiger partial charge >= 0.3 is 5.97 Å². The fourth-order valence-electron chi connectivity index (χ4n) is 1.76. The van der Waals surface area contributed by atoms with Gasteiger partial charge in [0.2, 0.25) is 5.91 Å². The molecule has 1 N–H and O–H groups in total. The van der Waals surface area contributed by atoms with E-state index >= 15 is 0 Å². The van der Waals surface area contributed by atoms with Crippen molar-refractivity contribution >= 4 is 35.1 Å². The zero-order valence-corrected chi connectivity index (χ0v) is 13.9. The third-order valence-corrected chi connectivity index (χ3v) is 3.51. The molecule has 0 aliphatic carbocycles. The Morgan fingerprint density at radius 3 is 2.59 bits per heavy atom. The van der Waals surface area contributed by atoms with Crippen LogP contribution in [-0.2, 0) is 20.9 Å². The monoisotopic (exact) mass is 349 g/mol. The highest BCUT2D eigenvalue weighted by Gasteiger charge is 2.23. The van der Waals surface area contributed by atoms with Crippen molar-refractivity contribution in [3.63, 3.8) is 0 Å². The predicted molar refractivity (Wildman–Crippen MR) is 81.9 cm³/mol. The van der Waals surface area contributed by atoms with E-state index in [1.54, 1.807) is 0 Å². The molecule has 0 bridgehead atoms. The molecule has 0 fully saturated rings. The third kappa shape index (κ3) is 4.99. The highest BCUT2D eigenvalue weighted by atomic mass is 35.5. The predicted octanol–water partition coefficient (Wildman–Crippen LogP) is 1.25. The quantitative estimate of drug-likeness (QED) is 0.780. The van der Waals surface area contributed by atoms with Gasteiger partial charge < -0.3 is 10.1 Å². The number of carbonyl (C=O) groups is 2. The summed E-state index contributed by atoms with van der Waals surface area (Å²) >= 11 is 11.4. The maximum Gasteiger partial charge on any atom is 0.328 e. The number of nitrogens with zero attached hydrogens (tertiary/aromatic N) is 2. The van der Waals surface area contributed by atoms with Crippen molar-refractivity contribution in [2.24, 2.45) is 5.92 Å². The van der Waals surface area contributed by atoms with E-state index in [0.717, 1.165) is 4.68 Å². The van der Waals surface area contributed by atoms with Crippen LogP contribution in [0, 0.1) is 5.92 Å². The van der Waals surface area contributed by atoms with Gasteiger partial charge in [0.25, 0.3) is 5.56 Å². The summed E-state index contributed by atoms with van der Waals surface area (Å²) in [4.78, 5) is 35.4. The summed E-state index contributed by atoms with van der Waals surface area (Å²) in [6.45, 7) is 3.45. The smallest absolute Gasteiger partial charge is 0.328 e. The van der Waals surface area contributed by atoms with E-state index in [-0.39, 0.29) is 22.5 Å². The Kier molecular flexibility index (Phi) is 6.83. The van der Waals surface area contributed by atoms with Gasteiger partial charge in [0.15, 0.2) is 0 Å². The minimum Gasteiger partial charge on any atom is -0.467 e. The van der Waals surface area contributed by atoms with Crippen molar-refractivity contribution in [2.45, 2.75) is 32.9 Å². The first kappa shape index (κ1) is 18.4. The Labute approximate surface area is 137 Å². The zero-order valence-electron chi connectivity index (χ0n) is 12.4. The highest BCUT2D eigenvalue weighted by molar-refractivity contribution is 6.41. The molecule has 1 amide bonds. The maximum atomic E-state index is 12.0. The van der Waals surface area contributed by atoms with Gasteiger partial charge in [-0.05, 0) is 12.3 Å². The average Bonchev–Trinajstić information content (AvgIpc) is 2.46. The van der Waals surface area contributed by atoms with Crippen LogP contribution in [0.3, 0.4) is 0 Å². The molecule has 7 nitrogen and oxygen atoms in total. The minimum atomic E-state index is -0.782. The van der Waals surface area contributed by atoms with Crippen LogP contribution >= 0.6 is 23.2 Å². The molecule has 0 spiro atoms. The normalized spacial score (nSPS) is 12.1. The summed E-state index contributed by atoms with van der Waals surface area (Å²) < 4.78 is 5.51. The van der Waals surface area contributed by atoms with Crippen molar-refractivity contribution in [3.8, 4) is 0 Å². The molecule has 0 aliphatic heterocycles. The van der Waals surface area contributed by atoms with Crippen LogP contribution in [0.4, 0.5) is 0 Å². The van der Waals surface area contributed by atoms with Crippen molar-refractivity contribution in [1.82, 2.24) is 15.1 Å². The van der Waals surface area contributed by atoms with Gasteiger partial charge in [0.1, 0.15) is 17.6 Å². The summed E-state index contributed by atoms with van der Waals surface area (Å²) in [5, 5.41) is 6.04. The van der Waals surface area contributed by atoms with Crippen LogP contribution in [0.5, 0.6) is 0 Å². The highest BCUT2D eigenvalue weighted by Crippen LogP contribution is 2.14. The van der Waals surface area contributed by atoms with Crippen molar-refractivity contribution in [2.75, 3.05) is 7.11 Å². The van der Waals surface area contributed by atoms with Crippen LogP contribution in [0.25, 0.3) is 0 Å². The van der Waals surface area contributed by atoms with E-state index < -0.39 is 23.5 Å². The molecule has 0 aromatic carbocycles. The number of ether oxygens (including phenoxy) is 1. The van der Waals surface area contributed by atoms with E-state index in [1.165, 1.54) is 13.3 Å². The average molecular weight is 350 g/mol. The number of amides is 1. The fraction of sp³-hybridized carbons (Fsp3) is 0.538. The van der Waals surface area contributed by atoms with Crippen molar-refractivity contribution < 1.29 is 14.3 Å². The van der Waals surface area contributed by atoms with Gasteiger partial charge in [-0.1, -0.05) is 37.0 Å². The Bertz CT molecular complexity index is 616. The molecule has 1 rings (SSSR count). The number of halogens is 2. The molecule has 1 heterocycles. The molecule has 0 saturated heterocycles. The second-order valence-corrected chi connectivity index (χ2v) is 5.83. The van der Waals surface area contributed by atoms with E-state index in [4.69, 9.17) is 23.2 Å². The van der Waals surface area contributed by atoms with Gasteiger partial charge in [0.05, 0.1) is 18.3 Å². The molecule has 1 aromatic heterocycles. The summed E-state index contributed by atoms with van der Waals surface area (Å²) in [7, 11) is 1.24. The molecule has 122 valence electrons. The number of rotatable bonds is 6. The standard InChI is InChI=1S/C13H17Cl2N3O4/c1-7(2)4-9(13(21)22-3)17-10(19)6-18-12(20)11(15)8(14)5-16-18/h5,7,9H,4,6H2,1-3H3,(H,17,19). The Morgan fingerprint density at radius 2 is 2.05 bits per heavy atom. The molecule has 1 atom stereocenters. The lowest BCUT2D eigenvalue weighted by Crippen LogP contribution is -2.44. The summed E-state index contributed by atoms with van der Waals surface area (Å²) in [5.74, 6) is -0.921. The molecule has 0 aliphatic rings. The third-order valence-electron chi connectivity index (χ3n) is 2.76. The lowest BCUT2D eigenvalue weighted by atomic mass is 10.0. The fourth-order valence-corrected chi connectivity index (χ4v) is 2.03. The molecule has 0 radical (unpaired) electrons. The first-order valence-electron chi connectivity index (χ1n) is 6.54. The molecule has 1 aromatic rings. The molecule has 22 heavy (non-hydrogen) atoms. The van der Waals surface area contributed by atoms with Crippen LogP contribution in [0.1, 0.15) is 20.3 Å². The van der Waals surface area contributed by atoms with Gasteiger partial charge in [-0.3, -0.25) is 9.59 Å². The van der Waals surface area contributed by atoms with Gasteiger partial charge in [-0.15, -0.1) is 0 Å². The van der Waals surface area contributed by atoms with E-state index in [2.05, 4.69) is 15.2 Å². The van der Waals surface area contributed by atoms with Gasteiger partial charge in [-0.2, -0.15) is 5.10 Å². The number of hydrogen-bond acceptors (Lipinski definition) is 5.